The molecule has 0 spiro atoms. The molecule has 39 heavy (non-hydrogen) atoms. The molecule has 0 aliphatic carbocycles. The number of carboxylic acid groups (broad SMARTS) is 1. The van der Waals surface area contributed by atoms with Crippen molar-refractivity contribution in [1.82, 2.24) is 10.6 Å². The molecular weight excluding hydrogens is 502 g/mol. The van der Waals surface area contributed by atoms with E-state index in [0.29, 0.717) is 17.8 Å². The van der Waals surface area contributed by atoms with E-state index >= 15 is 0 Å². The van der Waals surface area contributed by atoms with Crippen LogP contribution in [0.3, 0.4) is 0 Å². The van der Waals surface area contributed by atoms with E-state index in [2.05, 4.69) is 48.4 Å². The van der Waals surface area contributed by atoms with Crippen molar-refractivity contribution in [2.24, 2.45) is 17.4 Å². The number of rotatable bonds is 12. The van der Waals surface area contributed by atoms with Gasteiger partial charge in [-0.15, -0.1) is 0 Å². The molecule has 1 unspecified atom stereocenters. The molecule has 8 N–H and O–H groups in total. The van der Waals surface area contributed by atoms with Gasteiger partial charge in [0.25, 0.3) is 0 Å². The Kier molecular flexibility index (Phi) is 28.5. The van der Waals surface area contributed by atoms with E-state index in [0.717, 1.165) is 6.42 Å². The minimum absolute atomic E-state index is 0.0152. The summed E-state index contributed by atoms with van der Waals surface area (Å²) in [6, 6.07) is 5.39. The van der Waals surface area contributed by atoms with Crippen molar-refractivity contribution in [2.45, 2.75) is 99.6 Å². The Bertz CT molecular complexity index is 768. The van der Waals surface area contributed by atoms with Crippen LogP contribution in [0.5, 0.6) is 0 Å². The molecular formula is C28H53N5O6. The Balaban J connectivity index is -0.000000658. The molecule has 226 valence electrons. The van der Waals surface area contributed by atoms with Gasteiger partial charge in [-0.25, -0.2) is 9.59 Å². The Morgan fingerprint density at radius 2 is 1.41 bits per heavy atom. The van der Waals surface area contributed by atoms with Gasteiger partial charge in [0, 0.05) is 12.2 Å². The van der Waals surface area contributed by atoms with E-state index < -0.39 is 18.2 Å². The number of nitrogens with two attached hydrogens (primary N) is 2. The number of ether oxygens (including phenoxy) is 1. The van der Waals surface area contributed by atoms with Gasteiger partial charge in [-0.3, -0.25) is 9.59 Å². The predicted molar refractivity (Wildman–Crippen MR) is 157 cm³/mol. The van der Waals surface area contributed by atoms with Gasteiger partial charge in [-0.05, 0) is 30.0 Å². The van der Waals surface area contributed by atoms with Crippen LogP contribution in [0.15, 0.2) is 24.3 Å². The van der Waals surface area contributed by atoms with Crippen LogP contribution < -0.4 is 27.4 Å². The molecule has 1 rings (SSSR count). The second-order valence-electron chi connectivity index (χ2n) is 8.93. The standard InChI is InChI=1S/C15H21N3O5.C5H12.C4H10N2O.C4H10/c1-9(2)13(16)14(20)17-7-12(19)18-11-5-3-10(4-6-11)8-23-15(21)22;1-3-5-4-2;1-2-3-6-4(5)7;1-3-4-2/h3-6,9,13H,7-8,16H2,1-2H3,(H,17,20)(H,18,19)(H,21,22);3-5H2,1-2H3;2-3H2,1H3,(H3,5,6,7);3-4H2,1-2H3. The lowest BCUT2D eigenvalue weighted by Gasteiger charge is -2.15. The number of amides is 4. The van der Waals surface area contributed by atoms with Crippen molar-refractivity contribution in [1.29, 1.82) is 0 Å². The SMILES string of the molecule is CC(C)C(N)C(=O)NCC(=O)Nc1ccc(COC(=O)O)cc1.CCCC.CCCCC.CCCNC(N)=O. The molecule has 0 aliphatic heterocycles. The maximum atomic E-state index is 11.7. The summed E-state index contributed by atoms with van der Waals surface area (Å²) in [6.07, 6.45) is 6.30. The van der Waals surface area contributed by atoms with Crippen molar-refractivity contribution >= 4 is 29.7 Å². The fraction of sp³-hybridized carbons (Fsp3) is 0.643. The van der Waals surface area contributed by atoms with Gasteiger partial charge >= 0.3 is 12.2 Å². The molecule has 0 radical (unpaired) electrons. The monoisotopic (exact) mass is 555 g/mol. The maximum Gasteiger partial charge on any atom is 0.506 e. The van der Waals surface area contributed by atoms with Crippen LogP contribution in [-0.2, 0) is 20.9 Å². The first-order chi connectivity index (χ1) is 18.4. The average Bonchev–Trinajstić information content (AvgIpc) is 2.90. The van der Waals surface area contributed by atoms with Gasteiger partial charge in [0.15, 0.2) is 0 Å². The van der Waals surface area contributed by atoms with Crippen LogP contribution in [0.2, 0.25) is 0 Å². The number of carbonyl (C=O) groups is 4. The van der Waals surface area contributed by atoms with Crippen LogP contribution in [0.1, 0.15) is 92.6 Å². The summed E-state index contributed by atoms with van der Waals surface area (Å²) < 4.78 is 4.43. The molecule has 11 nitrogen and oxygen atoms in total. The first-order valence-corrected chi connectivity index (χ1v) is 13.7. The van der Waals surface area contributed by atoms with Crippen molar-refractivity contribution in [3.63, 3.8) is 0 Å². The molecule has 4 amide bonds. The lowest BCUT2D eigenvalue weighted by molar-refractivity contribution is -0.125. The summed E-state index contributed by atoms with van der Waals surface area (Å²) in [7, 11) is 0. The minimum atomic E-state index is -1.35. The fourth-order valence-electron chi connectivity index (χ4n) is 2.22. The zero-order valence-electron chi connectivity index (χ0n) is 25.0. The summed E-state index contributed by atoms with van der Waals surface area (Å²) in [5.41, 5.74) is 11.6. The smallest absolute Gasteiger partial charge is 0.450 e. The number of carbonyl (C=O) groups excluding carboxylic acids is 3. The van der Waals surface area contributed by atoms with Crippen molar-refractivity contribution in [3.8, 4) is 0 Å². The lowest BCUT2D eigenvalue weighted by Crippen LogP contribution is -2.46. The largest absolute Gasteiger partial charge is 0.506 e. The number of hydrogen-bond donors (Lipinski definition) is 6. The van der Waals surface area contributed by atoms with Crippen LogP contribution in [0.4, 0.5) is 15.3 Å². The zero-order valence-corrected chi connectivity index (χ0v) is 25.0. The molecule has 1 aromatic carbocycles. The molecule has 0 aromatic heterocycles. The summed E-state index contributed by atoms with van der Waals surface area (Å²) in [6.45, 7) is 14.8. The topological polar surface area (TPSA) is 186 Å². The van der Waals surface area contributed by atoms with Crippen LogP contribution in [0, 0.1) is 5.92 Å². The summed E-state index contributed by atoms with van der Waals surface area (Å²) >= 11 is 0. The lowest BCUT2D eigenvalue weighted by atomic mass is 10.1. The molecule has 1 atom stereocenters. The van der Waals surface area contributed by atoms with Crippen LogP contribution >= 0.6 is 0 Å². The number of urea groups is 1. The van der Waals surface area contributed by atoms with Gasteiger partial charge in [0.05, 0.1) is 12.6 Å². The number of anilines is 1. The normalized spacial score (nSPS) is 10.2. The second kappa shape index (κ2) is 27.7. The van der Waals surface area contributed by atoms with Crippen molar-refractivity contribution < 1.29 is 29.0 Å². The first-order valence-electron chi connectivity index (χ1n) is 13.7. The third-order valence-corrected chi connectivity index (χ3v) is 4.80. The predicted octanol–water partition coefficient (Wildman–Crippen LogP) is 4.99. The third-order valence-electron chi connectivity index (χ3n) is 4.80. The summed E-state index contributed by atoms with van der Waals surface area (Å²) in [5, 5.41) is 15.9. The highest BCUT2D eigenvalue weighted by molar-refractivity contribution is 5.95. The Labute approximate surface area is 234 Å². The Morgan fingerprint density at radius 1 is 0.872 bits per heavy atom. The zero-order chi connectivity index (χ0) is 30.6. The van der Waals surface area contributed by atoms with Gasteiger partial charge in [-0.1, -0.05) is 92.7 Å². The van der Waals surface area contributed by atoms with Gasteiger partial charge in [0.1, 0.15) is 6.61 Å². The third kappa shape index (κ3) is 29.1. The van der Waals surface area contributed by atoms with E-state index in [1.165, 1.54) is 32.1 Å². The maximum absolute atomic E-state index is 11.7. The van der Waals surface area contributed by atoms with Gasteiger partial charge in [-0.2, -0.15) is 0 Å². The average molecular weight is 556 g/mol. The molecule has 1 aromatic rings. The molecule has 0 heterocycles. The summed E-state index contributed by atoms with van der Waals surface area (Å²) in [4.78, 5) is 43.5. The second-order valence-corrected chi connectivity index (χ2v) is 8.93. The van der Waals surface area contributed by atoms with E-state index in [1.54, 1.807) is 24.3 Å². The van der Waals surface area contributed by atoms with E-state index in [-0.39, 0.29) is 30.9 Å². The Morgan fingerprint density at radius 3 is 1.74 bits per heavy atom. The fourth-order valence-corrected chi connectivity index (χ4v) is 2.22. The van der Waals surface area contributed by atoms with E-state index in [4.69, 9.17) is 16.6 Å². The number of hydrogen-bond acceptors (Lipinski definition) is 6. The molecule has 0 saturated carbocycles. The van der Waals surface area contributed by atoms with Crippen molar-refractivity contribution in [2.75, 3.05) is 18.4 Å². The van der Waals surface area contributed by atoms with Crippen molar-refractivity contribution in [3.05, 3.63) is 29.8 Å². The molecule has 11 heteroatoms. The molecule has 0 aliphatic rings. The van der Waals surface area contributed by atoms with E-state index in [9.17, 15) is 19.2 Å². The summed E-state index contributed by atoms with van der Waals surface area (Å²) in [5.74, 6) is -0.779. The molecule has 0 fully saturated rings. The number of unbranched alkanes of at least 4 members (excludes halogenated alkanes) is 3. The Hall–Kier alpha value is -3.34. The number of primary amides is 1. The van der Waals surface area contributed by atoms with Gasteiger partial charge < -0.3 is 37.3 Å². The molecule has 0 saturated heterocycles. The van der Waals surface area contributed by atoms with Gasteiger partial charge in [0.2, 0.25) is 11.8 Å². The highest BCUT2D eigenvalue weighted by atomic mass is 16.7. The van der Waals surface area contributed by atoms with Crippen LogP contribution in [-0.4, -0.2) is 48.2 Å². The number of nitrogens with one attached hydrogen (secondary N) is 3. The minimum Gasteiger partial charge on any atom is -0.450 e. The van der Waals surface area contributed by atoms with Crippen LogP contribution in [0.25, 0.3) is 0 Å². The quantitative estimate of drug-likeness (QED) is 0.196. The molecule has 0 bridgehead atoms. The van der Waals surface area contributed by atoms with E-state index in [1.807, 2.05) is 20.8 Å². The number of benzene rings is 1. The highest BCUT2D eigenvalue weighted by Gasteiger charge is 2.17. The highest BCUT2D eigenvalue weighted by Crippen LogP contribution is 2.10. The first kappa shape index (κ1) is 40.2.